The fraction of sp³-hybridized carbons (Fsp3) is 0.538. The fourth-order valence-electron chi connectivity index (χ4n) is 1.80. The zero-order valence-electron chi connectivity index (χ0n) is 12.3. The van der Waals surface area contributed by atoms with E-state index in [1.165, 1.54) is 0 Å². The van der Waals surface area contributed by atoms with Crippen LogP contribution in [-0.2, 0) is 19.5 Å². The second kappa shape index (κ2) is 7.41. The van der Waals surface area contributed by atoms with E-state index in [-0.39, 0.29) is 12.6 Å². The molecule has 0 saturated heterocycles. The van der Waals surface area contributed by atoms with Crippen LogP contribution >= 0.6 is 0 Å². The molecule has 0 fully saturated rings. The lowest BCUT2D eigenvalue weighted by Crippen LogP contribution is -2.37. The average Bonchev–Trinajstić information content (AvgIpc) is 3.15. The Bertz CT molecular complexity index is 551. The van der Waals surface area contributed by atoms with Gasteiger partial charge in [-0.15, -0.1) is 0 Å². The second-order valence-electron chi connectivity index (χ2n) is 4.66. The van der Waals surface area contributed by atoms with Gasteiger partial charge in [0, 0.05) is 39.0 Å². The molecule has 0 aliphatic heterocycles. The molecule has 8 nitrogen and oxygen atoms in total. The van der Waals surface area contributed by atoms with Gasteiger partial charge in [0.2, 0.25) is 5.89 Å². The molecular formula is C13H20N6O2. The molecule has 1 N–H and O–H groups in total. The van der Waals surface area contributed by atoms with Crippen LogP contribution in [0.25, 0.3) is 0 Å². The van der Waals surface area contributed by atoms with Crippen LogP contribution in [0.4, 0.5) is 4.79 Å². The van der Waals surface area contributed by atoms with Gasteiger partial charge in [0.15, 0.2) is 5.82 Å². The van der Waals surface area contributed by atoms with Crippen LogP contribution in [0.5, 0.6) is 0 Å². The highest BCUT2D eigenvalue weighted by Crippen LogP contribution is 1.98. The molecule has 0 atom stereocenters. The first-order valence-electron chi connectivity index (χ1n) is 6.97. The van der Waals surface area contributed by atoms with E-state index in [4.69, 9.17) is 4.52 Å². The van der Waals surface area contributed by atoms with E-state index in [9.17, 15) is 4.79 Å². The van der Waals surface area contributed by atoms with Crippen molar-refractivity contribution in [2.24, 2.45) is 0 Å². The third-order valence-electron chi connectivity index (χ3n) is 3.00. The van der Waals surface area contributed by atoms with Gasteiger partial charge in [0.25, 0.3) is 0 Å². The van der Waals surface area contributed by atoms with E-state index in [2.05, 4.69) is 20.6 Å². The van der Waals surface area contributed by atoms with Crippen molar-refractivity contribution in [2.75, 3.05) is 13.6 Å². The summed E-state index contributed by atoms with van der Waals surface area (Å²) in [7, 11) is 1.75. The summed E-state index contributed by atoms with van der Waals surface area (Å²) in [6.07, 6.45) is 5.20. The third kappa shape index (κ3) is 4.59. The first kappa shape index (κ1) is 15.0. The van der Waals surface area contributed by atoms with Crippen LogP contribution in [0.1, 0.15) is 25.1 Å². The van der Waals surface area contributed by atoms with Gasteiger partial charge in [0.05, 0.1) is 6.54 Å². The summed E-state index contributed by atoms with van der Waals surface area (Å²) in [6, 6.07) is 1.72. The van der Waals surface area contributed by atoms with Crippen molar-refractivity contribution in [3.05, 3.63) is 30.2 Å². The molecule has 0 aromatic carbocycles. The number of hydrogen-bond acceptors (Lipinski definition) is 5. The fourth-order valence-corrected chi connectivity index (χ4v) is 1.80. The van der Waals surface area contributed by atoms with Crippen molar-refractivity contribution in [2.45, 2.75) is 32.9 Å². The van der Waals surface area contributed by atoms with E-state index >= 15 is 0 Å². The number of carbonyl (C=O) groups excluding carboxylic acids is 1. The lowest BCUT2D eigenvalue weighted by Gasteiger charge is -2.17. The maximum absolute atomic E-state index is 11.9. The predicted molar refractivity (Wildman–Crippen MR) is 75.4 cm³/mol. The molecule has 2 heterocycles. The molecule has 114 valence electrons. The zero-order valence-corrected chi connectivity index (χ0v) is 12.3. The van der Waals surface area contributed by atoms with Crippen LogP contribution in [0.3, 0.4) is 0 Å². The van der Waals surface area contributed by atoms with Crippen molar-refractivity contribution >= 4 is 6.03 Å². The minimum Gasteiger partial charge on any atom is -0.337 e. The van der Waals surface area contributed by atoms with Crippen molar-refractivity contribution in [3.8, 4) is 0 Å². The Hall–Kier alpha value is -2.38. The Labute approximate surface area is 123 Å². The summed E-state index contributed by atoms with van der Waals surface area (Å²) in [5, 5.41) is 10.6. The van der Waals surface area contributed by atoms with Gasteiger partial charge in [-0.3, -0.25) is 4.68 Å². The number of nitrogens with zero attached hydrogens (tertiary/aromatic N) is 5. The average molecular weight is 292 g/mol. The Morgan fingerprint density at radius 3 is 3.05 bits per heavy atom. The quantitative estimate of drug-likeness (QED) is 0.824. The highest BCUT2D eigenvalue weighted by molar-refractivity contribution is 5.73. The van der Waals surface area contributed by atoms with Gasteiger partial charge in [-0.05, 0) is 12.5 Å². The maximum atomic E-state index is 11.9. The molecule has 0 aliphatic rings. The van der Waals surface area contributed by atoms with Crippen molar-refractivity contribution in [3.63, 3.8) is 0 Å². The predicted octanol–water partition coefficient (Wildman–Crippen LogP) is 1.06. The molecule has 2 amide bonds. The topological polar surface area (TPSA) is 89.1 Å². The summed E-state index contributed by atoms with van der Waals surface area (Å²) in [6.45, 7) is 3.62. The van der Waals surface area contributed by atoms with E-state index in [0.29, 0.717) is 24.7 Å². The zero-order chi connectivity index (χ0) is 15.1. The Morgan fingerprint density at radius 2 is 2.38 bits per heavy atom. The van der Waals surface area contributed by atoms with Crippen LogP contribution in [0.15, 0.2) is 23.0 Å². The van der Waals surface area contributed by atoms with E-state index in [0.717, 1.165) is 13.0 Å². The van der Waals surface area contributed by atoms with Gasteiger partial charge in [0.1, 0.15) is 0 Å². The smallest absolute Gasteiger partial charge is 0.317 e. The summed E-state index contributed by atoms with van der Waals surface area (Å²) in [5.41, 5.74) is 0. The molecule has 0 radical (unpaired) electrons. The van der Waals surface area contributed by atoms with Crippen molar-refractivity contribution < 1.29 is 9.32 Å². The van der Waals surface area contributed by atoms with Gasteiger partial charge >= 0.3 is 6.03 Å². The number of carbonyl (C=O) groups is 1. The number of aromatic nitrogens is 4. The maximum Gasteiger partial charge on any atom is 0.317 e. The highest BCUT2D eigenvalue weighted by atomic mass is 16.5. The Morgan fingerprint density at radius 1 is 1.52 bits per heavy atom. The summed E-state index contributed by atoms with van der Waals surface area (Å²) < 4.78 is 6.85. The van der Waals surface area contributed by atoms with Crippen LogP contribution in [-0.4, -0.2) is 44.4 Å². The first-order valence-corrected chi connectivity index (χ1v) is 6.97. The van der Waals surface area contributed by atoms with Crippen molar-refractivity contribution in [1.29, 1.82) is 0 Å². The highest BCUT2D eigenvalue weighted by Gasteiger charge is 2.10. The minimum atomic E-state index is -0.160. The van der Waals surface area contributed by atoms with Crippen LogP contribution in [0, 0.1) is 0 Å². The number of aryl methyl sites for hydroxylation is 2. The van der Waals surface area contributed by atoms with Gasteiger partial charge in [-0.25, -0.2) is 4.79 Å². The van der Waals surface area contributed by atoms with Crippen LogP contribution < -0.4 is 5.32 Å². The number of nitrogens with one attached hydrogen (secondary N) is 1. The normalized spacial score (nSPS) is 10.6. The summed E-state index contributed by atoms with van der Waals surface area (Å²) in [4.78, 5) is 17.6. The standard InChI is InChI=1S/C13H20N6O2/c1-3-11-16-12(21-17-11)10-14-13(20)18(2)7-5-9-19-8-4-6-15-19/h4,6,8H,3,5,7,9-10H2,1-2H3,(H,14,20). The first-order chi connectivity index (χ1) is 10.2. The second-order valence-corrected chi connectivity index (χ2v) is 4.66. The van der Waals surface area contributed by atoms with E-state index < -0.39 is 0 Å². The lowest BCUT2D eigenvalue weighted by atomic mass is 10.4. The molecule has 21 heavy (non-hydrogen) atoms. The largest absolute Gasteiger partial charge is 0.337 e. The lowest BCUT2D eigenvalue weighted by molar-refractivity contribution is 0.205. The Kier molecular flexibility index (Phi) is 5.30. The monoisotopic (exact) mass is 292 g/mol. The number of amides is 2. The number of urea groups is 1. The molecule has 2 rings (SSSR count). The van der Waals surface area contributed by atoms with E-state index in [1.807, 2.05) is 23.9 Å². The van der Waals surface area contributed by atoms with Gasteiger partial charge in [-0.2, -0.15) is 10.1 Å². The minimum absolute atomic E-state index is 0.160. The molecule has 0 aliphatic carbocycles. The van der Waals surface area contributed by atoms with Crippen molar-refractivity contribution in [1.82, 2.24) is 30.1 Å². The SMILES string of the molecule is CCc1noc(CNC(=O)N(C)CCCn2cccn2)n1. The molecule has 2 aromatic heterocycles. The number of hydrogen-bond donors (Lipinski definition) is 1. The van der Waals surface area contributed by atoms with Gasteiger partial charge < -0.3 is 14.7 Å². The molecule has 0 unspecified atom stereocenters. The molecule has 0 saturated carbocycles. The van der Waals surface area contributed by atoms with E-state index in [1.54, 1.807) is 18.1 Å². The van der Waals surface area contributed by atoms with Crippen LogP contribution in [0.2, 0.25) is 0 Å². The van der Waals surface area contributed by atoms with Gasteiger partial charge in [-0.1, -0.05) is 12.1 Å². The molecule has 0 spiro atoms. The summed E-state index contributed by atoms with van der Waals surface area (Å²) in [5.74, 6) is 1.07. The third-order valence-corrected chi connectivity index (χ3v) is 3.00. The molecule has 8 heteroatoms. The summed E-state index contributed by atoms with van der Waals surface area (Å²) >= 11 is 0. The number of rotatable bonds is 7. The Balaban J connectivity index is 1.67. The molecular weight excluding hydrogens is 272 g/mol. The molecule has 2 aromatic rings. The molecule has 0 bridgehead atoms.